The smallest absolute Gasteiger partial charge is 0.224 e. The van der Waals surface area contributed by atoms with E-state index in [2.05, 4.69) is 0 Å². The summed E-state index contributed by atoms with van der Waals surface area (Å²) in [4.78, 5) is 24.7. The molecule has 0 saturated carbocycles. The molecule has 0 aromatic heterocycles. The number of aliphatic hydroxyl groups excluding tert-OH is 1. The summed E-state index contributed by atoms with van der Waals surface area (Å²) in [5, 5.41) is 9.64. The highest BCUT2D eigenvalue weighted by molar-refractivity contribution is 5.88. The Morgan fingerprint density at radius 1 is 1.47 bits per heavy atom. The Morgan fingerprint density at radius 3 is 2.47 bits per heavy atom. The largest absolute Gasteiger partial charge is 0.394 e. The number of hydrogen-bond donors (Lipinski definition) is 2. The molecule has 1 atom stereocenters. The zero-order chi connectivity index (χ0) is 14.3. The fourth-order valence-corrected chi connectivity index (χ4v) is 2.39. The minimum Gasteiger partial charge on any atom is -0.394 e. The van der Waals surface area contributed by atoms with Gasteiger partial charge in [0, 0.05) is 13.0 Å². The van der Waals surface area contributed by atoms with Crippen molar-refractivity contribution in [1.29, 1.82) is 0 Å². The van der Waals surface area contributed by atoms with Crippen molar-refractivity contribution in [2.24, 2.45) is 11.7 Å². The first-order chi connectivity index (χ1) is 8.80. The van der Waals surface area contributed by atoms with Crippen LogP contribution in [0, 0.1) is 5.92 Å². The molecule has 0 aliphatic carbocycles. The maximum absolute atomic E-state index is 12.0. The molecule has 0 bridgehead atoms. The average molecular weight is 272 g/mol. The molecule has 108 valence electrons. The summed E-state index contributed by atoms with van der Waals surface area (Å²) in [6.45, 7) is 3.82. The van der Waals surface area contributed by atoms with E-state index in [1.54, 1.807) is 13.8 Å². The first kappa shape index (κ1) is 14.2. The molecule has 7 nitrogen and oxygen atoms in total. The average Bonchev–Trinajstić information content (AvgIpc) is 2.73. The molecule has 0 aromatic carbocycles. The van der Waals surface area contributed by atoms with Gasteiger partial charge in [-0.1, -0.05) is 0 Å². The summed E-state index contributed by atoms with van der Waals surface area (Å²) in [5.74, 6) is -1.94. The number of nitrogens with two attached hydrogens (primary N) is 1. The Balaban J connectivity index is 2.14. The number of rotatable bonds is 3. The molecule has 2 aliphatic rings. The van der Waals surface area contributed by atoms with Crippen molar-refractivity contribution in [3.05, 3.63) is 0 Å². The summed E-state index contributed by atoms with van der Waals surface area (Å²) in [7, 11) is 0. The van der Waals surface area contributed by atoms with Crippen LogP contribution in [0.3, 0.4) is 0 Å². The van der Waals surface area contributed by atoms with Gasteiger partial charge in [0.2, 0.25) is 11.8 Å². The molecule has 0 spiro atoms. The zero-order valence-corrected chi connectivity index (χ0v) is 11.2. The van der Waals surface area contributed by atoms with Crippen molar-refractivity contribution < 1.29 is 24.2 Å². The summed E-state index contributed by atoms with van der Waals surface area (Å²) in [5.41, 5.74) is 4.32. The Morgan fingerprint density at radius 2 is 2.05 bits per heavy atom. The van der Waals surface area contributed by atoms with E-state index in [0.717, 1.165) is 0 Å². The summed E-state index contributed by atoms with van der Waals surface area (Å²) >= 11 is 0. The Hall–Kier alpha value is -1.18. The van der Waals surface area contributed by atoms with E-state index in [4.69, 9.17) is 15.2 Å². The van der Waals surface area contributed by atoms with Crippen LogP contribution in [0.2, 0.25) is 0 Å². The molecule has 19 heavy (non-hydrogen) atoms. The highest BCUT2D eigenvalue weighted by Crippen LogP contribution is 2.32. The number of likely N-dealkylation sites (tertiary alicyclic amines) is 1. The third kappa shape index (κ3) is 2.58. The molecule has 3 N–H and O–H groups in total. The lowest BCUT2D eigenvalue weighted by molar-refractivity contribution is -0.288. The van der Waals surface area contributed by atoms with E-state index >= 15 is 0 Å². The van der Waals surface area contributed by atoms with Crippen molar-refractivity contribution in [3.63, 3.8) is 0 Å². The van der Waals surface area contributed by atoms with Gasteiger partial charge in [-0.3, -0.25) is 9.59 Å². The van der Waals surface area contributed by atoms with Gasteiger partial charge < -0.3 is 25.2 Å². The van der Waals surface area contributed by atoms with Crippen molar-refractivity contribution in [1.82, 2.24) is 4.90 Å². The monoisotopic (exact) mass is 272 g/mol. The predicted molar refractivity (Wildman–Crippen MR) is 64.8 cm³/mol. The number of carbonyl (C=O) groups excluding carboxylic acids is 2. The topological polar surface area (TPSA) is 102 Å². The van der Waals surface area contributed by atoms with Gasteiger partial charge in [0.15, 0.2) is 5.79 Å². The summed E-state index contributed by atoms with van der Waals surface area (Å²) < 4.78 is 11.1. The Kier molecular flexibility index (Phi) is 3.55. The highest BCUT2D eigenvalue weighted by atomic mass is 16.7. The molecule has 2 rings (SSSR count). The molecule has 2 amide bonds. The lowest BCUT2D eigenvalue weighted by Gasteiger charge is -2.47. The third-order valence-electron chi connectivity index (χ3n) is 3.77. The number of primary amides is 1. The quantitative estimate of drug-likeness (QED) is 0.674. The number of aliphatic hydroxyl groups is 1. The first-order valence-electron chi connectivity index (χ1n) is 6.28. The van der Waals surface area contributed by atoms with Crippen LogP contribution in [0.15, 0.2) is 0 Å². The van der Waals surface area contributed by atoms with E-state index in [1.807, 2.05) is 0 Å². The van der Waals surface area contributed by atoms with Crippen molar-refractivity contribution in [2.45, 2.75) is 31.6 Å². The molecule has 2 heterocycles. The minimum atomic E-state index is -0.920. The second-order valence-corrected chi connectivity index (χ2v) is 5.67. The lowest BCUT2D eigenvalue weighted by atomic mass is 9.99. The van der Waals surface area contributed by atoms with Crippen LogP contribution >= 0.6 is 0 Å². The number of amides is 2. The van der Waals surface area contributed by atoms with Crippen LogP contribution in [-0.2, 0) is 19.1 Å². The molecular formula is C12H20N2O5. The summed E-state index contributed by atoms with van der Waals surface area (Å²) in [6.07, 6.45) is 0.0838. The predicted octanol–water partition coefficient (Wildman–Crippen LogP) is -1.17. The second-order valence-electron chi connectivity index (χ2n) is 5.67. The molecule has 2 aliphatic heterocycles. The van der Waals surface area contributed by atoms with Gasteiger partial charge in [0.05, 0.1) is 25.7 Å². The number of hydrogen-bond acceptors (Lipinski definition) is 5. The van der Waals surface area contributed by atoms with Crippen LogP contribution in [0.25, 0.3) is 0 Å². The van der Waals surface area contributed by atoms with Gasteiger partial charge in [-0.2, -0.15) is 0 Å². The standard InChI is InChI=1S/C12H20N2O5/c1-11(2)18-6-12(5-15,7-19-11)14-4-8(10(13)17)3-9(14)16/h8,15H,3-7H2,1-2H3,(H2,13,17). The number of nitrogens with zero attached hydrogens (tertiary/aromatic N) is 1. The zero-order valence-electron chi connectivity index (χ0n) is 11.2. The maximum Gasteiger partial charge on any atom is 0.224 e. The van der Waals surface area contributed by atoms with E-state index in [1.165, 1.54) is 4.90 Å². The molecule has 2 saturated heterocycles. The number of carbonyl (C=O) groups is 2. The van der Waals surface area contributed by atoms with Gasteiger partial charge in [0.1, 0.15) is 5.54 Å². The molecule has 0 aromatic rings. The second kappa shape index (κ2) is 4.73. The Labute approximate surface area is 111 Å². The van der Waals surface area contributed by atoms with E-state index in [9.17, 15) is 14.7 Å². The SMILES string of the molecule is CC1(C)OCC(CO)(N2CC(C(N)=O)CC2=O)CO1. The fraction of sp³-hybridized carbons (Fsp3) is 0.833. The van der Waals surface area contributed by atoms with Crippen LogP contribution in [-0.4, -0.2) is 59.5 Å². The van der Waals surface area contributed by atoms with Crippen LogP contribution in [0.4, 0.5) is 0 Å². The summed E-state index contributed by atoms with van der Waals surface area (Å²) in [6, 6.07) is 0. The van der Waals surface area contributed by atoms with Gasteiger partial charge >= 0.3 is 0 Å². The normalized spacial score (nSPS) is 29.5. The molecular weight excluding hydrogens is 252 g/mol. The fourth-order valence-electron chi connectivity index (χ4n) is 2.39. The Bertz CT molecular complexity index is 386. The van der Waals surface area contributed by atoms with Gasteiger partial charge in [-0.15, -0.1) is 0 Å². The van der Waals surface area contributed by atoms with E-state index < -0.39 is 23.2 Å². The highest BCUT2D eigenvalue weighted by Gasteiger charge is 2.50. The van der Waals surface area contributed by atoms with E-state index in [-0.39, 0.29) is 38.7 Å². The van der Waals surface area contributed by atoms with Gasteiger partial charge in [-0.05, 0) is 13.8 Å². The van der Waals surface area contributed by atoms with Crippen molar-refractivity contribution >= 4 is 11.8 Å². The first-order valence-corrected chi connectivity index (χ1v) is 6.28. The van der Waals surface area contributed by atoms with Crippen molar-refractivity contribution in [2.75, 3.05) is 26.4 Å². The number of ether oxygens (including phenoxy) is 2. The van der Waals surface area contributed by atoms with Crippen LogP contribution < -0.4 is 5.73 Å². The molecule has 7 heteroatoms. The van der Waals surface area contributed by atoms with Crippen LogP contribution in [0.1, 0.15) is 20.3 Å². The maximum atomic E-state index is 12.0. The molecule has 1 unspecified atom stereocenters. The van der Waals surface area contributed by atoms with Gasteiger partial charge in [-0.25, -0.2) is 0 Å². The van der Waals surface area contributed by atoms with Gasteiger partial charge in [0.25, 0.3) is 0 Å². The molecule has 2 fully saturated rings. The molecule has 0 radical (unpaired) electrons. The third-order valence-corrected chi connectivity index (χ3v) is 3.77. The van der Waals surface area contributed by atoms with Crippen LogP contribution in [0.5, 0.6) is 0 Å². The lowest BCUT2D eigenvalue weighted by Crippen LogP contribution is -2.63. The van der Waals surface area contributed by atoms with E-state index in [0.29, 0.717) is 0 Å². The van der Waals surface area contributed by atoms with Crippen molar-refractivity contribution in [3.8, 4) is 0 Å². The minimum absolute atomic E-state index is 0.0838.